The highest BCUT2D eigenvalue weighted by Gasteiger charge is 2.42. The number of β-amino-alcohol motifs (C(OH)–C–C–N with tert-alkyl or cyclic N) is 1. The SMILES string of the molecule is COc1cc([C@@H]2c3c(oc4ccc(C)cc4c3=O)C(=O)N2CCO)ccc1O. The van der Waals surface area contributed by atoms with Gasteiger partial charge in [-0.1, -0.05) is 17.7 Å². The number of rotatable bonds is 4. The van der Waals surface area contributed by atoms with E-state index < -0.39 is 11.9 Å². The number of phenols is 1. The van der Waals surface area contributed by atoms with E-state index in [-0.39, 0.29) is 41.4 Å². The summed E-state index contributed by atoms with van der Waals surface area (Å²) in [4.78, 5) is 27.6. The third-order valence-corrected chi connectivity index (χ3v) is 4.98. The summed E-state index contributed by atoms with van der Waals surface area (Å²) in [5, 5.41) is 19.8. The summed E-state index contributed by atoms with van der Waals surface area (Å²) in [7, 11) is 1.42. The third-order valence-electron chi connectivity index (χ3n) is 4.98. The molecule has 0 saturated carbocycles. The molecule has 0 bridgehead atoms. The molecular weight excluding hydrogens is 362 g/mol. The maximum absolute atomic E-state index is 13.3. The topological polar surface area (TPSA) is 100 Å². The number of ether oxygens (including phenoxy) is 1. The monoisotopic (exact) mass is 381 g/mol. The van der Waals surface area contributed by atoms with Crippen molar-refractivity contribution in [3.63, 3.8) is 0 Å². The maximum Gasteiger partial charge on any atom is 0.290 e. The van der Waals surface area contributed by atoms with Crippen LogP contribution in [0.5, 0.6) is 11.5 Å². The van der Waals surface area contributed by atoms with Gasteiger partial charge in [-0.3, -0.25) is 9.59 Å². The van der Waals surface area contributed by atoms with Crippen LogP contribution in [-0.4, -0.2) is 41.3 Å². The minimum atomic E-state index is -0.745. The molecule has 7 nitrogen and oxygen atoms in total. The molecule has 28 heavy (non-hydrogen) atoms. The van der Waals surface area contributed by atoms with Crippen molar-refractivity contribution in [2.45, 2.75) is 13.0 Å². The Hall–Kier alpha value is -3.32. The van der Waals surface area contributed by atoms with Crippen LogP contribution in [0.15, 0.2) is 45.6 Å². The van der Waals surface area contributed by atoms with Crippen molar-refractivity contribution >= 4 is 16.9 Å². The molecule has 0 fully saturated rings. The molecule has 2 heterocycles. The highest BCUT2D eigenvalue weighted by molar-refractivity contribution is 5.99. The van der Waals surface area contributed by atoms with E-state index in [1.807, 2.05) is 13.0 Å². The standard InChI is InChI=1S/C21H19NO6/c1-11-3-6-15-13(9-11)19(25)17-18(12-4-5-14(24)16(10-12)27-2)22(7-8-23)21(26)20(17)28-15/h3-6,9-10,18,23-24H,7-8H2,1-2H3/t18-/m1/s1. The van der Waals surface area contributed by atoms with Crippen molar-refractivity contribution in [1.29, 1.82) is 0 Å². The molecule has 144 valence electrons. The summed E-state index contributed by atoms with van der Waals surface area (Å²) < 4.78 is 11.0. The average Bonchev–Trinajstić information content (AvgIpc) is 2.96. The van der Waals surface area contributed by atoms with Crippen molar-refractivity contribution in [3.8, 4) is 11.5 Å². The summed E-state index contributed by atoms with van der Waals surface area (Å²) in [5.41, 5.74) is 1.76. The highest BCUT2D eigenvalue weighted by Crippen LogP contribution is 2.40. The van der Waals surface area contributed by atoms with Crippen LogP contribution in [0.25, 0.3) is 11.0 Å². The van der Waals surface area contributed by atoms with Crippen LogP contribution in [-0.2, 0) is 0 Å². The minimum Gasteiger partial charge on any atom is -0.504 e. The first-order chi connectivity index (χ1) is 13.5. The molecule has 2 N–H and O–H groups in total. The van der Waals surface area contributed by atoms with E-state index >= 15 is 0 Å². The van der Waals surface area contributed by atoms with Gasteiger partial charge in [-0.15, -0.1) is 0 Å². The first-order valence-electron chi connectivity index (χ1n) is 8.82. The number of aromatic hydroxyl groups is 1. The van der Waals surface area contributed by atoms with E-state index in [1.165, 1.54) is 18.1 Å². The van der Waals surface area contributed by atoms with E-state index in [0.29, 0.717) is 16.5 Å². The van der Waals surface area contributed by atoms with Crippen molar-refractivity contribution < 1.29 is 24.2 Å². The molecule has 2 aromatic carbocycles. The van der Waals surface area contributed by atoms with Crippen LogP contribution >= 0.6 is 0 Å². The number of carbonyl (C=O) groups excluding carboxylic acids is 1. The lowest BCUT2D eigenvalue weighted by molar-refractivity contribution is 0.0691. The van der Waals surface area contributed by atoms with Gasteiger partial charge in [0.25, 0.3) is 5.91 Å². The first kappa shape index (κ1) is 18.1. The molecule has 1 atom stereocenters. The Balaban J connectivity index is 2.01. The number of hydrogen-bond acceptors (Lipinski definition) is 6. The number of fused-ring (bicyclic) bond motifs is 2. The fourth-order valence-electron chi connectivity index (χ4n) is 3.68. The number of aliphatic hydroxyl groups is 1. The number of nitrogens with zero attached hydrogens (tertiary/aromatic N) is 1. The summed E-state index contributed by atoms with van der Waals surface area (Å²) in [6.45, 7) is 1.64. The smallest absolute Gasteiger partial charge is 0.290 e. The summed E-state index contributed by atoms with van der Waals surface area (Å²) >= 11 is 0. The number of phenolic OH excluding ortho intramolecular Hbond substituents is 1. The van der Waals surface area contributed by atoms with E-state index in [9.17, 15) is 19.8 Å². The summed E-state index contributed by atoms with van der Waals surface area (Å²) in [6, 6.07) is 9.11. The highest BCUT2D eigenvalue weighted by atomic mass is 16.5. The van der Waals surface area contributed by atoms with Crippen LogP contribution in [0.3, 0.4) is 0 Å². The Bertz CT molecular complexity index is 1150. The number of hydrogen-bond donors (Lipinski definition) is 2. The Kier molecular flexibility index (Phi) is 4.31. The molecule has 0 saturated heterocycles. The number of amides is 1. The second-order valence-corrected chi connectivity index (χ2v) is 6.73. The van der Waals surface area contributed by atoms with Gasteiger partial charge in [0.2, 0.25) is 5.76 Å². The van der Waals surface area contributed by atoms with E-state index in [4.69, 9.17) is 9.15 Å². The number of aliphatic hydroxyl groups excluding tert-OH is 1. The van der Waals surface area contributed by atoms with Crippen molar-refractivity contribution in [2.24, 2.45) is 0 Å². The molecule has 4 rings (SSSR count). The second-order valence-electron chi connectivity index (χ2n) is 6.73. The van der Waals surface area contributed by atoms with Gasteiger partial charge in [0.1, 0.15) is 5.58 Å². The molecule has 0 radical (unpaired) electrons. The number of methoxy groups -OCH3 is 1. The molecule has 0 aliphatic carbocycles. The van der Waals surface area contributed by atoms with Crippen molar-refractivity contribution in [1.82, 2.24) is 4.90 Å². The maximum atomic E-state index is 13.3. The van der Waals surface area contributed by atoms with Gasteiger partial charge in [-0.05, 0) is 36.8 Å². The molecule has 0 spiro atoms. The lowest BCUT2D eigenvalue weighted by Gasteiger charge is -2.24. The van der Waals surface area contributed by atoms with Gasteiger partial charge in [0.05, 0.1) is 30.7 Å². The van der Waals surface area contributed by atoms with Crippen molar-refractivity contribution in [3.05, 3.63) is 69.1 Å². The van der Waals surface area contributed by atoms with Gasteiger partial charge in [0, 0.05) is 6.54 Å². The molecule has 1 aliphatic rings. The van der Waals surface area contributed by atoms with E-state index in [1.54, 1.807) is 24.3 Å². The molecule has 0 unspecified atom stereocenters. The third kappa shape index (κ3) is 2.63. The largest absolute Gasteiger partial charge is 0.504 e. The first-order valence-corrected chi connectivity index (χ1v) is 8.82. The van der Waals surface area contributed by atoms with Gasteiger partial charge < -0.3 is 24.3 Å². The average molecular weight is 381 g/mol. The fourth-order valence-corrected chi connectivity index (χ4v) is 3.68. The number of aryl methyl sites for hydroxylation is 1. The van der Waals surface area contributed by atoms with Crippen LogP contribution < -0.4 is 10.2 Å². The minimum absolute atomic E-state index is 0.0214. The Labute approximate surface area is 160 Å². The lowest BCUT2D eigenvalue weighted by Crippen LogP contribution is -2.32. The molecule has 3 aromatic rings. The zero-order valence-corrected chi connectivity index (χ0v) is 15.4. The van der Waals surface area contributed by atoms with Gasteiger partial charge in [-0.2, -0.15) is 0 Å². The number of benzene rings is 2. The predicted molar refractivity (Wildman–Crippen MR) is 102 cm³/mol. The Morgan fingerprint density at radius 1 is 1.18 bits per heavy atom. The van der Waals surface area contributed by atoms with Crippen LogP contribution in [0.2, 0.25) is 0 Å². The molecule has 1 aliphatic heterocycles. The van der Waals surface area contributed by atoms with Crippen LogP contribution in [0.1, 0.15) is 33.3 Å². The second kappa shape index (κ2) is 6.69. The van der Waals surface area contributed by atoms with Gasteiger partial charge >= 0.3 is 0 Å². The van der Waals surface area contributed by atoms with Crippen LogP contribution in [0.4, 0.5) is 0 Å². The lowest BCUT2D eigenvalue weighted by atomic mass is 9.97. The quantitative estimate of drug-likeness (QED) is 0.720. The molecule has 7 heteroatoms. The summed E-state index contributed by atoms with van der Waals surface area (Å²) in [6.07, 6.45) is 0. The van der Waals surface area contributed by atoms with E-state index in [2.05, 4.69) is 0 Å². The molecule has 1 aromatic heterocycles. The normalized spacial score (nSPS) is 15.9. The zero-order valence-electron chi connectivity index (χ0n) is 15.4. The van der Waals surface area contributed by atoms with Crippen molar-refractivity contribution in [2.75, 3.05) is 20.3 Å². The fraction of sp³-hybridized carbons (Fsp3) is 0.238. The molecular formula is C21H19NO6. The Morgan fingerprint density at radius 3 is 2.68 bits per heavy atom. The zero-order chi connectivity index (χ0) is 20.0. The Morgan fingerprint density at radius 2 is 1.96 bits per heavy atom. The van der Waals surface area contributed by atoms with E-state index in [0.717, 1.165) is 5.56 Å². The predicted octanol–water partition coefficient (Wildman–Crippen LogP) is 2.35. The van der Waals surface area contributed by atoms with Gasteiger partial charge in [0.15, 0.2) is 16.9 Å². The van der Waals surface area contributed by atoms with Gasteiger partial charge in [-0.25, -0.2) is 0 Å². The number of carbonyl (C=O) groups is 1. The van der Waals surface area contributed by atoms with Crippen LogP contribution in [0, 0.1) is 6.92 Å². The molecule has 1 amide bonds. The summed E-state index contributed by atoms with van der Waals surface area (Å²) in [5.74, 6) is -0.304.